The zero-order chi connectivity index (χ0) is 12.5. The van der Waals surface area contributed by atoms with Crippen molar-refractivity contribution in [2.45, 2.75) is 46.3 Å². The van der Waals surface area contributed by atoms with Crippen molar-refractivity contribution in [1.82, 2.24) is 4.90 Å². The highest BCUT2D eigenvalue weighted by molar-refractivity contribution is 5.82. The fourth-order valence-corrected chi connectivity index (χ4v) is 1.95. The average molecular weight is 228 g/mol. The highest BCUT2D eigenvalue weighted by atomic mass is 16.3. The van der Waals surface area contributed by atoms with Crippen LogP contribution in [0.5, 0.6) is 0 Å². The molecule has 0 aliphatic carbocycles. The highest BCUT2D eigenvalue weighted by Gasteiger charge is 2.35. The number of rotatable bonds is 2. The van der Waals surface area contributed by atoms with E-state index in [0.29, 0.717) is 6.54 Å². The number of likely N-dealkylation sites (tertiary alicyclic amines) is 1. The van der Waals surface area contributed by atoms with Gasteiger partial charge in [-0.05, 0) is 18.8 Å². The molecule has 0 aromatic rings. The minimum atomic E-state index is -0.458. The van der Waals surface area contributed by atoms with Gasteiger partial charge < -0.3 is 15.7 Å². The summed E-state index contributed by atoms with van der Waals surface area (Å²) in [5.41, 5.74) is 5.73. The fraction of sp³-hybridized carbons (Fsp3) is 0.917. The van der Waals surface area contributed by atoms with E-state index in [9.17, 15) is 9.90 Å². The first-order valence-corrected chi connectivity index (χ1v) is 5.96. The standard InChI is InChI=1S/C12H24N2O2/c1-8(15)9-5-6-14(7-9)11(16)10(13)12(2,3)4/h8-10,15H,5-7,13H2,1-4H3/t8?,9?,10-/m0/s1. The zero-order valence-corrected chi connectivity index (χ0v) is 10.7. The Morgan fingerprint density at radius 1 is 1.50 bits per heavy atom. The van der Waals surface area contributed by atoms with E-state index < -0.39 is 6.04 Å². The summed E-state index contributed by atoms with van der Waals surface area (Å²) < 4.78 is 0. The predicted octanol–water partition coefficient (Wildman–Crippen LogP) is 0.589. The molecule has 1 amide bonds. The Labute approximate surface area is 97.8 Å². The van der Waals surface area contributed by atoms with Crippen LogP contribution in [-0.2, 0) is 4.79 Å². The Morgan fingerprint density at radius 2 is 2.06 bits per heavy atom. The first kappa shape index (κ1) is 13.5. The van der Waals surface area contributed by atoms with Crippen LogP contribution in [0.1, 0.15) is 34.1 Å². The maximum absolute atomic E-state index is 12.1. The van der Waals surface area contributed by atoms with Gasteiger partial charge in [-0.25, -0.2) is 0 Å². The lowest BCUT2D eigenvalue weighted by atomic mass is 9.86. The SMILES string of the molecule is CC(O)C1CCN(C(=O)[C@H](N)C(C)(C)C)C1. The second kappa shape index (κ2) is 4.72. The number of amides is 1. The van der Waals surface area contributed by atoms with Gasteiger partial charge in [0.05, 0.1) is 12.1 Å². The van der Waals surface area contributed by atoms with Crippen molar-refractivity contribution in [2.24, 2.45) is 17.1 Å². The third-order valence-corrected chi connectivity index (χ3v) is 3.42. The minimum Gasteiger partial charge on any atom is -0.393 e. The Hall–Kier alpha value is -0.610. The third-order valence-electron chi connectivity index (χ3n) is 3.42. The number of carbonyl (C=O) groups is 1. The Morgan fingerprint density at radius 3 is 2.44 bits per heavy atom. The van der Waals surface area contributed by atoms with Gasteiger partial charge in [0.2, 0.25) is 5.91 Å². The van der Waals surface area contributed by atoms with Crippen molar-refractivity contribution in [3.05, 3.63) is 0 Å². The molecule has 4 heteroatoms. The van der Waals surface area contributed by atoms with Crippen LogP contribution in [-0.4, -0.2) is 41.1 Å². The molecule has 1 aliphatic heterocycles. The smallest absolute Gasteiger partial charge is 0.240 e. The molecular formula is C12H24N2O2. The molecule has 94 valence electrons. The molecule has 1 saturated heterocycles. The Bertz CT molecular complexity index is 258. The summed E-state index contributed by atoms with van der Waals surface area (Å²) >= 11 is 0. The van der Waals surface area contributed by atoms with Crippen molar-refractivity contribution >= 4 is 5.91 Å². The Balaban J connectivity index is 2.58. The van der Waals surface area contributed by atoms with Crippen molar-refractivity contribution in [3.63, 3.8) is 0 Å². The molecule has 0 bridgehead atoms. The Kier molecular flexibility index (Phi) is 3.97. The van der Waals surface area contributed by atoms with Crippen molar-refractivity contribution in [2.75, 3.05) is 13.1 Å². The van der Waals surface area contributed by atoms with Gasteiger partial charge in [0.25, 0.3) is 0 Å². The molecule has 1 aliphatic rings. The van der Waals surface area contributed by atoms with Crippen LogP contribution in [0.25, 0.3) is 0 Å². The largest absolute Gasteiger partial charge is 0.393 e. The predicted molar refractivity (Wildman–Crippen MR) is 63.8 cm³/mol. The van der Waals surface area contributed by atoms with Crippen LogP contribution in [0.3, 0.4) is 0 Å². The molecule has 1 fully saturated rings. The van der Waals surface area contributed by atoms with E-state index in [2.05, 4.69) is 0 Å². The second-order valence-electron chi connectivity index (χ2n) is 5.92. The van der Waals surface area contributed by atoms with Crippen LogP contribution in [0.4, 0.5) is 0 Å². The summed E-state index contributed by atoms with van der Waals surface area (Å²) in [5.74, 6) is 0.215. The normalized spacial score (nSPS) is 25.6. The number of hydrogen-bond acceptors (Lipinski definition) is 3. The molecule has 0 radical (unpaired) electrons. The van der Waals surface area contributed by atoms with E-state index >= 15 is 0 Å². The van der Waals surface area contributed by atoms with Crippen molar-refractivity contribution < 1.29 is 9.90 Å². The van der Waals surface area contributed by atoms with Crippen molar-refractivity contribution in [3.8, 4) is 0 Å². The summed E-state index contributed by atoms with van der Waals surface area (Å²) in [5, 5.41) is 9.48. The molecule has 2 unspecified atom stereocenters. The number of nitrogens with zero attached hydrogens (tertiary/aromatic N) is 1. The fourth-order valence-electron chi connectivity index (χ4n) is 1.95. The molecule has 16 heavy (non-hydrogen) atoms. The number of aliphatic hydroxyl groups excluding tert-OH is 1. The lowest BCUT2D eigenvalue weighted by Crippen LogP contribution is -2.49. The van der Waals surface area contributed by atoms with Gasteiger partial charge in [-0.3, -0.25) is 4.79 Å². The van der Waals surface area contributed by atoms with E-state index in [1.807, 2.05) is 20.8 Å². The van der Waals surface area contributed by atoms with Crippen LogP contribution in [0, 0.1) is 11.3 Å². The van der Waals surface area contributed by atoms with E-state index in [1.165, 1.54) is 0 Å². The monoisotopic (exact) mass is 228 g/mol. The van der Waals surface area contributed by atoms with Crippen LogP contribution >= 0.6 is 0 Å². The van der Waals surface area contributed by atoms with Gasteiger partial charge >= 0.3 is 0 Å². The molecular weight excluding hydrogens is 204 g/mol. The number of carbonyl (C=O) groups excluding carboxylic acids is 1. The maximum atomic E-state index is 12.1. The molecule has 4 nitrogen and oxygen atoms in total. The van der Waals surface area contributed by atoms with Gasteiger partial charge in [0.15, 0.2) is 0 Å². The number of nitrogens with two attached hydrogens (primary N) is 1. The number of aliphatic hydroxyl groups is 1. The average Bonchev–Trinajstić information content (AvgIpc) is 2.62. The first-order valence-electron chi connectivity index (χ1n) is 5.96. The highest BCUT2D eigenvalue weighted by Crippen LogP contribution is 2.24. The van der Waals surface area contributed by atoms with E-state index in [-0.39, 0.29) is 23.3 Å². The van der Waals surface area contributed by atoms with Crippen LogP contribution < -0.4 is 5.73 Å². The topological polar surface area (TPSA) is 66.6 Å². The van der Waals surface area contributed by atoms with E-state index in [1.54, 1.807) is 11.8 Å². The van der Waals surface area contributed by atoms with Gasteiger partial charge in [-0.1, -0.05) is 20.8 Å². The van der Waals surface area contributed by atoms with Crippen LogP contribution in [0.15, 0.2) is 0 Å². The molecule has 3 atom stereocenters. The summed E-state index contributed by atoms with van der Waals surface area (Å²) in [6.07, 6.45) is 0.531. The number of hydrogen-bond donors (Lipinski definition) is 2. The molecule has 1 rings (SSSR count). The van der Waals surface area contributed by atoms with Crippen LogP contribution in [0.2, 0.25) is 0 Å². The molecule has 1 heterocycles. The van der Waals surface area contributed by atoms with Gasteiger partial charge in [0.1, 0.15) is 0 Å². The first-order chi connectivity index (χ1) is 7.23. The lowest BCUT2D eigenvalue weighted by Gasteiger charge is -2.30. The van der Waals surface area contributed by atoms with Gasteiger partial charge in [-0.15, -0.1) is 0 Å². The maximum Gasteiger partial charge on any atom is 0.240 e. The van der Waals surface area contributed by atoms with Crippen molar-refractivity contribution in [1.29, 1.82) is 0 Å². The zero-order valence-electron chi connectivity index (χ0n) is 10.7. The van der Waals surface area contributed by atoms with E-state index in [4.69, 9.17) is 5.73 Å². The van der Waals surface area contributed by atoms with Gasteiger partial charge in [0, 0.05) is 19.0 Å². The minimum absolute atomic E-state index is 0.00986. The summed E-state index contributed by atoms with van der Waals surface area (Å²) in [6, 6.07) is -0.458. The van der Waals surface area contributed by atoms with E-state index in [0.717, 1.165) is 13.0 Å². The molecule has 0 spiro atoms. The molecule has 3 N–H and O–H groups in total. The molecule has 0 aromatic carbocycles. The molecule has 0 saturated carbocycles. The van der Waals surface area contributed by atoms with Gasteiger partial charge in [-0.2, -0.15) is 0 Å². The second-order valence-corrected chi connectivity index (χ2v) is 5.92. The quantitative estimate of drug-likeness (QED) is 0.727. The molecule has 0 aromatic heterocycles. The summed E-state index contributed by atoms with van der Waals surface area (Å²) in [4.78, 5) is 13.9. The summed E-state index contributed by atoms with van der Waals surface area (Å²) in [6.45, 7) is 9.05. The summed E-state index contributed by atoms with van der Waals surface area (Å²) in [7, 11) is 0. The lowest BCUT2D eigenvalue weighted by molar-refractivity contribution is -0.134. The third kappa shape index (κ3) is 2.95.